The number of nitrogens with one attached hydrogen (secondary N) is 2. The van der Waals surface area contributed by atoms with E-state index in [4.69, 9.17) is 9.47 Å². The van der Waals surface area contributed by atoms with Gasteiger partial charge in [0.25, 0.3) is 0 Å². The standard InChI is InChI=1S/C18H20F2N2O5/c1-25-14-6-4-3-5-12(14)13(23)10-21-18(24)22-11-7-8-15(26-2)16(9-11)27-17(19)20/h3-9,13,17,23H,10H2,1-2H3,(H2,21,22,24)/t13-/m1/s1. The van der Waals surface area contributed by atoms with Crippen LogP contribution in [0.2, 0.25) is 0 Å². The van der Waals surface area contributed by atoms with Crippen molar-refractivity contribution in [2.45, 2.75) is 12.7 Å². The van der Waals surface area contributed by atoms with Crippen LogP contribution in [0, 0.1) is 0 Å². The summed E-state index contributed by atoms with van der Waals surface area (Å²) in [6, 6.07) is 10.3. The predicted molar refractivity (Wildman–Crippen MR) is 94.6 cm³/mol. The fourth-order valence-corrected chi connectivity index (χ4v) is 2.36. The van der Waals surface area contributed by atoms with Crippen LogP contribution in [-0.2, 0) is 0 Å². The third-order valence-corrected chi connectivity index (χ3v) is 3.59. The van der Waals surface area contributed by atoms with Crippen LogP contribution in [0.15, 0.2) is 42.5 Å². The van der Waals surface area contributed by atoms with Crippen LogP contribution in [0.4, 0.5) is 19.3 Å². The van der Waals surface area contributed by atoms with E-state index in [0.717, 1.165) is 0 Å². The van der Waals surface area contributed by atoms with Crippen LogP contribution in [0.3, 0.4) is 0 Å². The second-order valence-electron chi connectivity index (χ2n) is 5.34. The lowest BCUT2D eigenvalue weighted by atomic mass is 10.1. The minimum absolute atomic E-state index is 0.0806. The van der Waals surface area contributed by atoms with E-state index in [1.807, 2.05) is 0 Å². The SMILES string of the molecule is COc1ccc(NC(=O)NC[C@@H](O)c2ccccc2OC)cc1OC(F)F. The molecule has 2 aromatic rings. The Bertz CT molecular complexity index is 773. The van der Waals surface area contributed by atoms with Gasteiger partial charge >= 0.3 is 12.6 Å². The number of methoxy groups -OCH3 is 2. The molecule has 0 saturated heterocycles. The highest BCUT2D eigenvalue weighted by Gasteiger charge is 2.15. The second kappa shape index (κ2) is 9.58. The molecular weight excluding hydrogens is 362 g/mol. The molecule has 0 bridgehead atoms. The fraction of sp³-hybridized carbons (Fsp3) is 0.278. The van der Waals surface area contributed by atoms with Gasteiger partial charge in [0.1, 0.15) is 5.75 Å². The Hall–Kier alpha value is -3.07. The molecule has 0 unspecified atom stereocenters. The maximum atomic E-state index is 12.4. The normalized spacial score (nSPS) is 11.6. The van der Waals surface area contributed by atoms with E-state index in [1.165, 1.54) is 32.4 Å². The van der Waals surface area contributed by atoms with Crippen molar-refractivity contribution in [3.63, 3.8) is 0 Å². The summed E-state index contributed by atoms with van der Waals surface area (Å²) in [7, 11) is 2.79. The summed E-state index contributed by atoms with van der Waals surface area (Å²) in [5.74, 6) is 0.392. The van der Waals surface area contributed by atoms with Gasteiger partial charge in [-0.25, -0.2) is 4.79 Å². The Morgan fingerprint density at radius 2 is 1.78 bits per heavy atom. The molecule has 2 aromatic carbocycles. The molecule has 1 atom stereocenters. The molecule has 9 heteroatoms. The van der Waals surface area contributed by atoms with Crippen LogP contribution in [-0.4, -0.2) is 38.5 Å². The Morgan fingerprint density at radius 3 is 2.44 bits per heavy atom. The second-order valence-corrected chi connectivity index (χ2v) is 5.34. The zero-order valence-electron chi connectivity index (χ0n) is 14.7. The number of aliphatic hydroxyl groups excluding tert-OH is 1. The number of halogens is 2. The Kier molecular flexibility index (Phi) is 7.18. The first-order valence-electron chi connectivity index (χ1n) is 7.93. The van der Waals surface area contributed by atoms with Crippen molar-refractivity contribution in [2.24, 2.45) is 0 Å². The maximum absolute atomic E-state index is 12.4. The van der Waals surface area contributed by atoms with E-state index >= 15 is 0 Å². The quantitative estimate of drug-likeness (QED) is 0.653. The van der Waals surface area contributed by atoms with Gasteiger partial charge < -0.3 is 30.0 Å². The van der Waals surface area contributed by atoms with Crippen molar-refractivity contribution in [3.8, 4) is 17.2 Å². The number of aliphatic hydroxyl groups is 1. The average molecular weight is 382 g/mol. The first-order valence-corrected chi connectivity index (χ1v) is 7.93. The number of alkyl halides is 2. The van der Waals surface area contributed by atoms with Gasteiger partial charge in [0.05, 0.1) is 20.3 Å². The minimum Gasteiger partial charge on any atom is -0.496 e. The molecule has 146 valence electrons. The Labute approximate surface area is 154 Å². The molecule has 2 rings (SSSR count). The Morgan fingerprint density at radius 1 is 1.07 bits per heavy atom. The molecule has 0 aromatic heterocycles. The average Bonchev–Trinajstić information content (AvgIpc) is 2.66. The van der Waals surface area contributed by atoms with Crippen molar-refractivity contribution in [1.82, 2.24) is 5.32 Å². The number of hydrogen-bond acceptors (Lipinski definition) is 5. The van der Waals surface area contributed by atoms with Gasteiger partial charge in [-0.2, -0.15) is 8.78 Å². The lowest BCUT2D eigenvalue weighted by molar-refractivity contribution is -0.0511. The third-order valence-electron chi connectivity index (χ3n) is 3.59. The first kappa shape index (κ1) is 20.2. The van der Waals surface area contributed by atoms with Crippen LogP contribution in [0.5, 0.6) is 17.2 Å². The van der Waals surface area contributed by atoms with Gasteiger partial charge in [-0.3, -0.25) is 0 Å². The monoisotopic (exact) mass is 382 g/mol. The number of amides is 2. The number of rotatable bonds is 8. The number of hydrogen-bond donors (Lipinski definition) is 3. The number of anilines is 1. The Balaban J connectivity index is 1.97. The number of ether oxygens (including phenoxy) is 3. The van der Waals surface area contributed by atoms with E-state index in [0.29, 0.717) is 11.3 Å². The molecule has 0 spiro atoms. The molecule has 3 N–H and O–H groups in total. The van der Waals surface area contributed by atoms with Crippen molar-refractivity contribution in [3.05, 3.63) is 48.0 Å². The van der Waals surface area contributed by atoms with Crippen LogP contribution < -0.4 is 24.8 Å². The number of para-hydroxylation sites is 1. The molecule has 7 nitrogen and oxygen atoms in total. The smallest absolute Gasteiger partial charge is 0.387 e. The molecule has 0 aliphatic carbocycles. The molecular formula is C18H20F2N2O5. The highest BCUT2D eigenvalue weighted by Crippen LogP contribution is 2.31. The predicted octanol–water partition coefficient (Wildman–Crippen LogP) is 3.16. The number of carbonyl (C=O) groups is 1. The summed E-state index contributed by atoms with van der Waals surface area (Å²) in [6.07, 6.45) is -0.986. The third kappa shape index (κ3) is 5.71. The molecule has 0 saturated carbocycles. The van der Waals surface area contributed by atoms with Gasteiger partial charge in [0.2, 0.25) is 0 Å². The number of carbonyl (C=O) groups excluding carboxylic acids is 1. The van der Waals surface area contributed by atoms with Crippen LogP contribution in [0.25, 0.3) is 0 Å². The lowest BCUT2D eigenvalue weighted by Gasteiger charge is -2.16. The molecule has 0 heterocycles. The van der Waals surface area contributed by atoms with Gasteiger partial charge in [-0.1, -0.05) is 18.2 Å². The highest BCUT2D eigenvalue weighted by atomic mass is 19.3. The highest BCUT2D eigenvalue weighted by molar-refractivity contribution is 5.89. The topological polar surface area (TPSA) is 89.1 Å². The molecule has 0 radical (unpaired) electrons. The zero-order chi connectivity index (χ0) is 19.8. The van der Waals surface area contributed by atoms with E-state index in [1.54, 1.807) is 24.3 Å². The summed E-state index contributed by atoms with van der Waals surface area (Å²) in [4.78, 5) is 12.0. The van der Waals surface area contributed by atoms with Gasteiger partial charge in [-0.15, -0.1) is 0 Å². The maximum Gasteiger partial charge on any atom is 0.387 e. The largest absolute Gasteiger partial charge is 0.496 e. The minimum atomic E-state index is -3.03. The van der Waals surface area contributed by atoms with E-state index in [9.17, 15) is 18.7 Å². The summed E-state index contributed by atoms with van der Waals surface area (Å²) >= 11 is 0. The summed E-state index contributed by atoms with van der Waals surface area (Å²) in [6.45, 7) is -3.11. The van der Waals surface area contributed by atoms with Crippen LogP contribution >= 0.6 is 0 Å². The number of urea groups is 1. The lowest BCUT2D eigenvalue weighted by Crippen LogP contribution is -2.32. The zero-order valence-corrected chi connectivity index (χ0v) is 14.7. The summed E-state index contributed by atoms with van der Waals surface area (Å²) in [5.41, 5.74) is 0.744. The van der Waals surface area contributed by atoms with E-state index in [2.05, 4.69) is 15.4 Å². The summed E-state index contributed by atoms with van der Waals surface area (Å²) < 4.78 is 39.3. The number of benzene rings is 2. The van der Waals surface area contributed by atoms with Crippen molar-refractivity contribution in [1.29, 1.82) is 0 Å². The molecule has 2 amide bonds. The van der Waals surface area contributed by atoms with Crippen molar-refractivity contribution < 1.29 is 32.9 Å². The van der Waals surface area contributed by atoms with Crippen LogP contribution in [0.1, 0.15) is 11.7 Å². The van der Waals surface area contributed by atoms with Crippen molar-refractivity contribution >= 4 is 11.7 Å². The molecule has 0 aliphatic rings. The van der Waals surface area contributed by atoms with Gasteiger partial charge in [-0.05, 0) is 18.2 Å². The summed E-state index contributed by atoms with van der Waals surface area (Å²) in [5, 5.41) is 15.2. The van der Waals surface area contributed by atoms with Gasteiger partial charge in [0.15, 0.2) is 11.5 Å². The molecule has 0 fully saturated rings. The molecule has 27 heavy (non-hydrogen) atoms. The first-order chi connectivity index (χ1) is 12.9. The fourth-order valence-electron chi connectivity index (χ4n) is 2.36. The molecule has 0 aliphatic heterocycles. The van der Waals surface area contributed by atoms with E-state index < -0.39 is 18.7 Å². The van der Waals surface area contributed by atoms with Crippen molar-refractivity contribution in [2.75, 3.05) is 26.1 Å². The van der Waals surface area contributed by atoms with E-state index in [-0.39, 0.29) is 23.7 Å². The van der Waals surface area contributed by atoms with Gasteiger partial charge in [0, 0.05) is 23.9 Å².